The molecule has 0 aliphatic rings. The van der Waals surface area contributed by atoms with Gasteiger partial charge in [-0.15, -0.1) is 22.7 Å². The third-order valence-electron chi connectivity index (χ3n) is 9.39. The van der Waals surface area contributed by atoms with Crippen molar-refractivity contribution in [3.8, 4) is 56.4 Å². The van der Waals surface area contributed by atoms with Crippen LogP contribution in [0.4, 0.5) is 0 Å². The van der Waals surface area contributed by atoms with Crippen LogP contribution in [0.1, 0.15) is 0 Å². The second-order valence-corrected chi connectivity index (χ2v) is 14.5. The van der Waals surface area contributed by atoms with E-state index < -0.39 is 0 Å². The van der Waals surface area contributed by atoms with Gasteiger partial charge in [0.25, 0.3) is 0 Å². The summed E-state index contributed by atoms with van der Waals surface area (Å²) in [7, 11) is 0. The fourth-order valence-electron chi connectivity index (χ4n) is 7.03. The van der Waals surface area contributed by atoms with Gasteiger partial charge in [0.2, 0.25) is 0 Å². The van der Waals surface area contributed by atoms with Gasteiger partial charge in [-0.3, -0.25) is 0 Å². The smallest absolute Gasteiger partial charge is 0.165 e. The molecule has 0 fully saturated rings. The Kier molecular flexibility index (Phi) is 6.86. The molecule has 3 aromatic heterocycles. The molecule has 10 rings (SSSR count). The highest BCUT2D eigenvalue weighted by Gasteiger charge is 2.19. The number of aromatic nitrogens is 3. The van der Waals surface area contributed by atoms with E-state index in [4.69, 9.17) is 15.0 Å². The van der Waals surface area contributed by atoms with Crippen LogP contribution in [0.3, 0.4) is 0 Å². The van der Waals surface area contributed by atoms with Gasteiger partial charge in [-0.1, -0.05) is 140 Å². The fourth-order valence-corrected chi connectivity index (χ4v) is 9.37. The molecule has 0 saturated heterocycles. The normalized spacial score (nSPS) is 11.6. The molecule has 7 aromatic carbocycles. The van der Waals surface area contributed by atoms with Crippen LogP contribution in [-0.4, -0.2) is 15.0 Å². The summed E-state index contributed by atoms with van der Waals surface area (Å²) < 4.78 is 5.04. The molecule has 0 saturated carbocycles. The van der Waals surface area contributed by atoms with Crippen LogP contribution in [0.15, 0.2) is 164 Å². The molecule has 0 N–H and O–H groups in total. The third kappa shape index (κ3) is 4.82. The lowest BCUT2D eigenvalue weighted by Gasteiger charge is -2.13. The van der Waals surface area contributed by atoms with Gasteiger partial charge in [-0.2, -0.15) is 0 Å². The predicted molar refractivity (Wildman–Crippen MR) is 213 cm³/mol. The highest BCUT2D eigenvalue weighted by Crippen LogP contribution is 2.42. The summed E-state index contributed by atoms with van der Waals surface area (Å²) in [6, 6.07) is 57.8. The highest BCUT2D eigenvalue weighted by atomic mass is 32.1. The molecule has 5 heteroatoms. The molecule has 0 aliphatic heterocycles. The molecule has 0 amide bonds. The molecule has 0 spiro atoms. The summed E-state index contributed by atoms with van der Waals surface area (Å²) in [6.45, 7) is 0. The van der Waals surface area contributed by atoms with Crippen molar-refractivity contribution in [2.75, 3.05) is 0 Å². The van der Waals surface area contributed by atoms with Crippen molar-refractivity contribution in [3.63, 3.8) is 0 Å². The van der Waals surface area contributed by atoms with Gasteiger partial charge in [-0.05, 0) is 46.5 Å². The summed E-state index contributed by atoms with van der Waals surface area (Å²) in [5.41, 5.74) is 7.54. The zero-order chi connectivity index (χ0) is 33.0. The Morgan fingerprint density at radius 3 is 1.64 bits per heavy atom. The van der Waals surface area contributed by atoms with Crippen molar-refractivity contribution < 1.29 is 0 Å². The number of thiophene rings is 2. The van der Waals surface area contributed by atoms with Crippen molar-refractivity contribution in [1.29, 1.82) is 0 Å². The minimum absolute atomic E-state index is 0.650. The number of hydrogen-bond acceptors (Lipinski definition) is 5. The molecule has 0 atom stereocenters. The quantitative estimate of drug-likeness (QED) is 0.182. The Morgan fingerprint density at radius 1 is 0.300 bits per heavy atom. The maximum Gasteiger partial charge on any atom is 0.165 e. The van der Waals surface area contributed by atoms with Crippen LogP contribution in [0.25, 0.3) is 96.8 Å². The highest BCUT2D eigenvalue weighted by molar-refractivity contribution is 7.26. The molecule has 3 heterocycles. The van der Waals surface area contributed by atoms with Gasteiger partial charge >= 0.3 is 0 Å². The first-order valence-corrected chi connectivity index (χ1v) is 18.2. The van der Waals surface area contributed by atoms with Gasteiger partial charge in [0, 0.05) is 57.0 Å². The first-order chi connectivity index (χ1) is 24.8. The third-order valence-corrected chi connectivity index (χ3v) is 11.7. The molecule has 0 bridgehead atoms. The lowest BCUT2D eigenvalue weighted by atomic mass is 9.98. The van der Waals surface area contributed by atoms with E-state index in [0.29, 0.717) is 17.5 Å². The molecule has 3 nitrogen and oxygen atoms in total. The van der Waals surface area contributed by atoms with Crippen LogP contribution in [0, 0.1) is 0 Å². The average molecular weight is 674 g/mol. The molecular weight excluding hydrogens is 647 g/mol. The molecule has 0 aliphatic carbocycles. The number of nitrogens with zero attached hydrogens (tertiary/aromatic N) is 3. The largest absolute Gasteiger partial charge is 0.208 e. The number of fused-ring (bicyclic) bond motifs is 6. The van der Waals surface area contributed by atoms with Gasteiger partial charge in [0.1, 0.15) is 0 Å². The summed E-state index contributed by atoms with van der Waals surface area (Å²) in [5.74, 6) is 1.97. The molecule has 50 heavy (non-hydrogen) atoms. The zero-order valence-corrected chi connectivity index (χ0v) is 28.4. The van der Waals surface area contributed by atoms with Crippen molar-refractivity contribution in [1.82, 2.24) is 15.0 Å². The van der Waals surface area contributed by atoms with Crippen molar-refractivity contribution >= 4 is 63.0 Å². The first kappa shape index (κ1) is 29.0. The minimum atomic E-state index is 0.650. The van der Waals surface area contributed by atoms with Gasteiger partial charge in [-0.25, -0.2) is 15.0 Å². The van der Waals surface area contributed by atoms with Crippen LogP contribution in [0.5, 0.6) is 0 Å². The van der Waals surface area contributed by atoms with Crippen molar-refractivity contribution in [2.24, 2.45) is 0 Å². The van der Waals surface area contributed by atoms with E-state index in [0.717, 1.165) is 27.8 Å². The SMILES string of the molecule is c1ccc(-c2ccccc2-c2nc(-c3ccc(-c4cccc5sc6ccccc6c45)cc3)nc(-c3cccc4c3sc3ccccc34)n2)cc1. The Bertz CT molecular complexity index is 2870. The Hall–Kier alpha value is -6.01. The number of rotatable bonds is 5. The second kappa shape index (κ2) is 11.8. The Morgan fingerprint density at radius 2 is 0.820 bits per heavy atom. The Balaban J connectivity index is 1.16. The lowest BCUT2D eigenvalue weighted by Crippen LogP contribution is -2.01. The molecule has 10 aromatic rings. The van der Waals surface area contributed by atoms with E-state index in [1.165, 1.54) is 51.5 Å². The van der Waals surface area contributed by atoms with Crippen molar-refractivity contribution in [2.45, 2.75) is 0 Å². The maximum atomic E-state index is 5.21. The zero-order valence-electron chi connectivity index (χ0n) is 26.7. The monoisotopic (exact) mass is 673 g/mol. The van der Waals surface area contributed by atoms with Crippen molar-refractivity contribution in [3.05, 3.63) is 164 Å². The minimum Gasteiger partial charge on any atom is -0.208 e. The van der Waals surface area contributed by atoms with Crippen LogP contribution in [0.2, 0.25) is 0 Å². The molecule has 234 valence electrons. The van der Waals surface area contributed by atoms with E-state index in [2.05, 4.69) is 158 Å². The summed E-state index contributed by atoms with van der Waals surface area (Å²) in [6.07, 6.45) is 0. The number of benzene rings is 7. The standard InChI is InChI=1S/C45H27N3S2/c1-2-12-28(13-3-1)31-14-4-5-16-35(31)44-46-43(47-45(48-44)37-20-10-19-34-33-15-6-8-21-38(33)50-42(34)37)30-26-24-29(25-27-30)32-18-11-23-40-41(32)36-17-7-9-22-39(36)49-40/h1-27H. The fraction of sp³-hybridized carbons (Fsp3) is 0. The predicted octanol–water partition coefficient (Wildman–Crippen LogP) is 12.9. The first-order valence-electron chi connectivity index (χ1n) is 16.6. The molecular formula is C45H27N3S2. The van der Waals surface area contributed by atoms with Gasteiger partial charge in [0.15, 0.2) is 17.5 Å². The topological polar surface area (TPSA) is 38.7 Å². The lowest BCUT2D eigenvalue weighted by molar-refractivity contribution is 1.08. The Labute approximate surface area is 296 Å². The van der Waals surface area contributed by atoms with Crippen LogP contribution >= 0.6 is 22.7 Å². The summed E-state index contributed by atoms with van der Waals surface area (Å²) >= 11 is 3.63. The summed E-state index contributed by atoms with van der Waals surface area (Å²) in [5, 5.41) is 5.07. The summed E-state index contributed by atoms with van der Waals surface area (Å²) in [4.78, 5) is 15.6. The van der Waals surface area contributed by atoms with E-state index in [1.807, 2.05) is 17.4 Å². The van der Waals surface area contributed by atoms with Crippen LogP contribution < -0.4 is 0 Å². The van der Waals surface area contributed by atoms with Gasteiger partial charge in [0.05, 0.1) is 0 Å². The van der Waals surface area contributed by atoms with E-state index >= 15 is 0 Å². The van der Waals surface area contributed by atoms with Crippen LogP contribution in [-0.2, 0) is 0 Å². The van der Waals surface area contributed by atoms with Gasteiger partial charge < -0.3 is 0 Å². The molecule has 0 unspecified atom stereocenters. The van der Waals surface area contributed by atoms with E-state index in [-0.39, 0.29) is 0 Å². The maximum absolute atomic E-state index is 5.21. The van der Waals surface area contributed by atoms with E-state index in [9.17, 15) is 0 Å². The second-order valence-electron chi connectivity index (χ2n) is 12.4. The molecule has 0 radical (unpaired) electrons. The number of hydrogen-bond donors (Lipinski definition) is 0. The average Bonchev–Trinajstić information content (AvgIpc) is 3.77. The van der Waals surface area contributed by atoms with E-state index in [1.54, 1.807) is 11.3 Å².